The molecular formula is C24H35N5O2S. The van der Waals surface area contributed by atoms with Crippen LogP contribution < -0.4 is 10.6 Å². The summed E-state index contributed by atoms with van der Waals surface area (Å²) in [6.45, 7) is 3.52. The smallest absolute Gasteiger partial charge is 0.252 e. The summed E-state index contributed by atoms with van der Waals surface area (Å²) in [6.07, 6.45) is 15.1. The summed E-state index contributed by atoms with van der Waals surface area (Å²) in [5, 5.41) is 6.79. The number of likely N-dealkylation sites (tertiary alicyclic amines) is 1. The second-order valence-corrected chi connectivity index (χ2v) is 9.97. The van der Waals surface area contributed by atoms with Gasteiger partial charge in [-0.1, -0.05) is 12.8 Å². The van der Waals surface area contributed by atoms with Gasteiger partial charge >= 0.3 is 0 Å². The van der Waals surface area contributed by atoms with E-state index in [0.29, 0.717) is 23.9 Å². The van der Waals surface area contributed by atoms with Gasteiger partial charge in [0, 0.05) is 38.2 Å². The molecule has 0 spiro atoms. The molecule has 2 N–H and O–H groups in total. The molecule has 2 saturated heterocycles. The van der Waals surface area contributed by atoms with Gasteiger partial charge in [-0.3, -0.25) is 9.59 Å². The molecule has 2 unspecified atom stereocenters. The molecule has 4 heterocycles. The number of piperidine rings is 2. The molecule has 2 atom stereocenters. The van der Waals surface area contributed by atoms with Crippen LogP contribution >= 0.6 is 11.8 Å². The van der Waals surface area contributed by atoms with Crippen molar-refractivity contribution in [2.75, 3.05) is 32.4 Å². The number of nitrogens with zero attached hydrogens (tertiary/aromatic N) is 3. The number of amides is 2. The van der Waals surface area contributed by atoms with Crippen LogP contribution in [0.3, 0.4) is 0 Å². The molecule has 2 aromatic heterocycles. The average molecular weight is 458 g/mol. The second-order valence-electron chi connectivity index (χ2n) is 8.99. The van der Waals surface area contributed by atoms with Gasteiger partial charge in [-0.15, -0.1) is 11.8 Å². The predicted molar refractivity (Wildman–Crippen MR) is 129 cm³/mol. The van der Waals surface area contributed by atoms with Crippen LogP contribution in [0.5, 0.6) is 0 Å². The van der Waals surface area contributed by atoms with Crippen LogP contribution in [0.1, 0.15) is 55.3 Å². The molecule has 2 aromatic rings. The highest BCUT2D eigenvalue weighted by Crippen LogP contribution is 2.29. The maximum Gasteiger partial charge on any atom is 0.252 e. The first kappa shape index (κ1) is 23.1. The Hall–Kier alpha value is -2.06. The van der Waals surface area contributed by atoms with Gasteiger partial charge in [0.1, 0.15) is 5.65 Å². The van der Waals surface area contributed by atoms with Crippen molar-refractivity contribution in [2.24, 2.45) is 11.8 Å². The van der Waals surface area contributed by atoms with E-state index in [2.05, 4.69) is 26.8 Å². The van der Waals surface area contributed by atoms with Crippen molar-refractivity contribution in [3.8, 4) is 0 Å². The molecule has 32 heavy (non-hydrogen) atoms. The van der Waals surface area contributed by atoms with Crippen LogP contribution in [0.4, 0.5) is 0 Å². The van der Waals surface area contributed by atoms with Gasteiger partial charge in [0.15, 0.2) is 0 Å². The number of nitrogens with one attached hydrogen (secondary N) is 2. The maximum atomic E-state index is 13.0. The Balaban J connectivity index is 1.12. The normalized spacial score (nSPS) is 22.2. The molecule has 2 aliphatic heterocycles. The fourth-order valence-corrected chi connectivity index (χ4v) is 5.82. The van der Waals surface area contributed by atoms with Gasteiger partial charge in [-0.2, -0.15) is 0 Å². The molecule has 0 aliphatic carbocycles. The van der Waals surface area contributed by atoms with Gasteiger partial charge < -0.3 is 19.9 Å². The van der Waals surface area contributed by atoms with Crippen molar-refractivity contribution in [1.82, 2.24) is 24.9 Å². The Labute approximate surface area is 194 Å². The molecule has 7 nitrogen and oxygen atoms in total. The first-order valence-corrected chi connectivity index (χ1v) is 13.2. The lowest BCUT2D eigenvalue weighted by Crippen LogP contribution is -2.49. The van der Waals surface area contributed by atoms with Crippen molar-refractivity contribution in [1.29, 1.82) is 0 Å². The molecule has 2 fully saturated rings. The van der Waals surface area contributed by atoms with E-state index in [-0.39, 0.29) is 17.2 Å². The summed E-state index contributed by atoms with van der Waals surface area (Å²) < 4.78 is 1.86. The van der Waals surface area contributed by atoms with E-state index in [4.69, 9.17) is 0 Å². The van der Waals surface area contributed by atoms with Crippen LogP contribution in [-0.4, -0.2) is 63.9 Å². The molecule has 4 rings (SSSR count). The fraction of sp³-hybridized carbons (Fsp3) is 0.625. The third-order valence-corrected chi connectivity index (χ3v) is 7.88. The van der Waals surface area contributed by atoms with Crippen LogP contribution in [0.2, 0.25) is 0 Å². The molecule has 0 radical (unpaired) electrons. The lowest BCUT2D eigenvalue weighted by Gasteiger charge is -2.38. The van der Waals surface area contributed by atoms with Gasteiger partial charge in [0.2, 0.25) is 5.91 Å². The summed E-state index contributed by atoms with van der Waals surface area (Å²) in [5.41, 5.74) is 1.50. The number of hydrogen-bond acceptors (Lipinski definition) is 5. The van der Waals surface area contributed by atoms with Crippen LogP contribution in [0.15, 0.2) is 30.7 Å². The number of hydrogen-bond donors (Lipinski definition) is 2. The van der Waals surface area contributed by atoms with Crippen LogP contribution in [0, 0.1) is 11.8 Å². The Kier molecular flexibility index (Phi) is 8.08. The number of pyridine rings is 1. The summed E-state index contributed by atoms with van der Waals surface area (Å²) in [6, 6.07) is 3.68. The lowest BCUT2D eigenvalue weighted by molar-refractivity contribution is -0.137. The maximum absolute atomic E-state index is 13.0. The highest BCUT2D eigenvalue weighted by atomic mass is 32.2. The lowest BCUT2D eigenvalue weighted by atomic mass is 9.90. The zero-order valence-electron chi connectivity index (χ0n) is 19.0. The summed E-state index contributed by atoms with van der Waals surface area (Å²) in [4.78, 5) is 31.7. The number of aromatic nitrogens is 2. The van der Waals surface area contributed by atoms with Gasteiger partial charge in [-0.25, -0.2) is 4.98 Å². The second kappa shape index (κ2) is 11.2. The van der Waals surface area contributed by atoms with Crippen LogP contribution in [0.25, 0.3) is 5.65 Å². The van der Waals surface area contributed by atoms with E-state index in [1.54, 1.807) is 18.0 Å². The van der Waals surface area contributed by atoms with Crippen molar-refractivity contribution in [3.05, 3.63) is 36.3 Å². The summed E-state index contributed by atoms with van der Waals surface area (Å²) >= 11 is 1.77. The first-order valence-electron chi connectivity index (χ1n) is 11.9. The number of carbonyl (C=O) groups excluding carboxylic acids is 2. The van der Waals surface area contributed by atoms with E-state index in [0.717, 1.165) is 63.8 Å². The van der Waals surface area contributed by atoms with E-state index in [9.17, 15) is 9.59 Å². The predicted octanol–water partition coefficient (Wildman–Crippen LogP) is 3.16. The zero-order chi connectivity index (χ0) is 22.3. The molecule has 2 aliphatic rings. The third kappa shape index (κ3) is 5.64. The van der Waals surface area contributed by atoms with E-state index >= 15 is 0 Å². The molecule has 8 heteroatoms. The summed E-state index contributed by atoms with van der Waals surface area (Å²) in [5.74, 6) is 1.15. The summed E-state index contributed by atoms with van der Waals surface area (Å²) in [7, 11) is 0. The quantitative estimate of drug-likeness (QED) is 0.596. The SMILES string of the molecule is CSC1NCCCC1C(=O)N1CCC(CCCCNC(=O)c2ccc3nccn3c2)CC1. The van der Waals surface area contributed by atoms with Gasteiger partial charge in [0.25, 0.3) is 5.91 Å². The number of carbonyl (C=O) groups is 2. The first-order chi connectivity index (χ1) is 15.7. The van der Waals surface area contributed by atoms with E-state index in [1.807, 2.05) is 28.9 Å². The van der Waals surface area contributed by atoms with E-state index in [1.165, 1.54) is 6.42 Å². The number of imidazole rings is 1. The molecule has 0 aromatic carbocycles. The van der Waals surface area contributed by atoms with Gasteiger partial charge in [-0.05, 0) is 63.0 Å². The fourth-order valence-electron chi connectivity index (χ4n) is 4.95. The number of thioether (sulfide) groups is 1. The number of fused-ring (bicyclic) bond motifs is 1. The van der Waals surface area contributed by atoms with Crippen molar-refractivity contribution < 1.29 is 9.59 Å². The largest absolute Gasteiger partial charge is 0.352 e. The third-order valence-electron chi connectivity index (χ3n) is 6.88. The number of unbranched alkanes of at least 4 members (excludes halogenated alkanes) is 1. The monoisotopic (exact) mass is 457 g/mol. The number of rotatable bonds is 8. The Morgan fingerprint density at radius 3 is 2.88 bits per heavy atom. The molecule has 2 amide bonds. The minimum atomic E-state index is -0.0341. The van der Waals surface area contributed by atoms with Crippen LogP contribution in [-0.2, 0) is 4.79 Å². The minimum Gasteiger partial charge on any atom is -0.352 e. The molecule has 0 saturated carbocycles. The molecule has 174 valence electrons. The Morgan fingerprint density at radius 1 is 1.22 bits per heavy atom. The average Bonchev–Trinajstić information content (AvgIpc) is 3.31. The Bertz CT molecular complexity index is 909. The Morgan fingerprint density at radius 2 is 2.06 bits per heavy atom. The van der Waals surface area contributed by atoms with Crippen molar-refractivity contribution in [3.63, 3.8) is 0 Å². The zero-order valence-corrected chi connectivity index (χ0v) is 19.8. The standard InChI is InChI=1S/C24H35N5O2S/c1-32-23-20(6-4-12-27-23)24(31)28-14-9-18(10-15-28)5-2-3-11-26-22(30)19-7-8-21-25-13-16-29(21)17-19/h7-8,13,16-18,20,23,27H,2-6,9-12,14-15H2,1H3,(H,26,30). The highest BCUT2D eigenvalue weighted by Gasteiger charge is 2.34. The van der Waals surface area contributed by atoms with Crippen molar-refractivity contribution >= 4 is 29.2 Å². The minimum absolute atomic E-state index is 0.0341. The topological polar surface area (TPSA) is 78.7 Å². The van der Waals surface area contributed by atoms with Crippen molar-refractivity contribution in [2.45, 2.75) is 50.3 Å². The molecule has 0 bridgehead atoms. The van der Waals surface area contributed by atoms with Gasteiger partial charge in [0.05, 0.1) is 16.9 Å². The highest BCUT2D eigenvalue weighted by molar-refractivity contribution is 7.99. The van der Waals surface area contributed by atoms with E-state index < -0.39 is 0 Å². The molecular weight excluding hydrogens is 422 g/mol.